The van der Waals surface area contributed by atoms with Crippen LogP contribution in [-0.2, 0) is 11.2 Å². The smallest absolute Gasteiger partial charge is 0.138 e. The molecule has 5 rings (SSSR count). The highest BCUT2D eigenvalue weighted by Gasteiger charge is 2.32. The summed E-state index contributed by atoms with van der Waals surface area (Å²) in [6.07, 6.45) is 15.8. The van der Waals surface area contributed by atoms with Crippen LogP contribution in [-0.4, -0.2) is 15.3 Å². The molecule has 132 valence electrons. The lowest BCUT2D eigenvalue weighted by Crippen LogP contribution is -2.24. The molecule has 0 aromatic carbocycles. The number of aryl methyl sites for hydroxylation is 1. The van der Waals surface area contributed by atoms with E-state index in [-0.39, 0.29) is 11.8 Å². The van der Waals surface area contributed by atoms with Crippen LogP contribution < -0.4 is 0 Å². The van der Waals surface area contributed by atoms with Crippen LogP contribution in [0, 0.1) is 11.8 Å². The molecule has 3 heterocycles. The maximum absolute atomic E-state index is 12.7. The van der Waals surface area contributed by atoms with Gasteiger partial charge in [-0.05, 0) is 54.9 Å². The molecule has 0 fully saturated rings. The predicted octanol–water partition coefficient (Wildman–Crippen LogP) is 5.17. The minimum absolute atomic E-state index is 0.110. The predicted molar refractivity (Wildman–Crippen MR) is 106 cm³/mol. The zero-order valence-electron chi connectivity index (χ0n) is 15.5. The van der Waals surface area contributed by atoms with Crippen molar-refractivity contribution < 1.29 is 4.79 Å². The van der Waals surface area contributed by atoms with E-state index in [1.807, 2.05) is 26.2 Å². The van der Waals surface area contributed by atoms with Crippen molar-refractivity contribution in [2.24, 2.45) is 11.8 Å². The molecule has 0 amide bonds. The minimum atomic E-state index is 0.110. The molecule has 3 nitrogen and oxygen atoms in total. The fourth-order valence-corrected chi connectivity index (χ4v) is 4.91. The molecule has 0 bridgehead atoms. The number of allylic oxidation sites excluding steroid dienone is 6. The van der Waals surface area contributed by atoms with Crippen molar-refractivity contribution in [1.82, 2.24) is 9.55 Å². The zero-order valence-corrected chi connectivity index (χ0v) is 15.5. The average molecular weight is 344 g/mol. The second-order valence-electron chi connectivity index (χ2n) is 8.06. The second-order valence-corrected chi connectivity index (χ2v) is 8.06. The Kier molecular flexibility index (Phi) is 3.53. The normalized spacial score (nSPS) is 21.5. The number of hydrogen-bond donors (Lipinski definition) is 0. The number of Topliss-reactive ketones (excluding diaryl/α,β-unsaturated/α-hetero) is 1. The fourth-order valence-electron chi connectivity index (χ4n) is 4.91. The van der Waals surface area contributed by atoms with Gasteiger partial charge >= 0.3 is 0 Å². The monoisotopic (exact) mass is 344 g/mol. The highest BCUT2D eigenvalue weighted by atomic mass is 16.1. The van der Waals surface area contributed by atoms with Crippen LogP contribution in [0.4, 0.5) is 0 Å². The van der Waals surface area contributed by atoms with Crippen LogP contribution in [0.3, 0.4) is 0 Å². The van der Waals surface area contributed by atoms with E-state index in [9.17, 15) is 4.79 Å². The first-order valence-corrected chi connectivity index (χ1v) is 9.77. The van der Waals surface area contributed by atoms with E-state index < -0.39 is 0 Å². The summed E-state index contributed by atoms with van der Waals surface area (Å²) in [5.41, 5.74) is 8.04. The van der Waals surface area contributed by atoms with E-state index >= 15 is 0 Å². The molecule has 0 saturated carbocycles. The van der Waals surface area contributed by atoms with Crippen molar-refractivity contribution in [1.29, 1.82) is 0 Å². The first kappa shape index (κ1) is 15.8. The van der Waals surface area contributed by atoms with Crippen LogP contribution in [0.2, 0.25) is 0 Å². The first-order valence-electron chi connectivity index (χ1n) is 9.77. The number of aromatic nitrogens is 2. The molecule has 1 atom stereocenters. The van der Waals surface area contributed by atoms with E-state index in [0.717, 1.165) is 32.1 Å². The Hall–Kier alpha value is -2.42. The van der Waals surface area contributed by atoms with Crippen LogP contribution in [0.5, 0.6) is 0 Å². The summed E-state index contributed by atoms with van der Waals surface area (Å²) < 4.78 is 2.45. The van der Waals surface area contributed by atoms with Crippen molar-refractivity contribution in [3.63, 3.8) is 0 Å². The van der Waals surface area contributed by atoms with E-state index in [1.165, 1.54) is 39.0 Å². The van der Waals surface area contributed by atoms with Gasteiger partial charge in [0.25, 0.3) is 0 Å². The van der Waals surface area contributed by atoms with E-state index in [1.54, 1.807) is 0 Å². The molecule has 0 saturated heterocycles. The van der Waals surface area contributed by atoms with Gasteiger partial charge in [0.1, 0.15) is 5.78 Å². The van der Waals surface area contributed by atoms with Crippen molar-refractivity contribution in [3.05, 3.63) is 53.5 Å². The SMILES string of the molecule is CC(C)C(=O)C1CCC2=C(C1)n1c3c(c4cnccc41)CCC=C3C=C2. The molecule has 1 unspecified atom stereocenters. The third kappa shape index (κ3) is 2.19. The number of carbonyl (C=O) groups excluding carboxylic acids is 1. The first-order chi connectivity index (χ1) is 12.6. The van der Waals surface area contributed by atoms with E-state index in [0.29, 0.717) is 5.78 Å². The molecule has 0 N–H and O–H groups in total. The van der Waals surface area contributed by atoms with Crippen molar-refractivity contribution in [2.45, 2.75) is 46.0 Å². The lowest BCUT2D eigenvalue weighted by molar-refractivity contribution is -0.126. The number of rotatable bonds is 2. The molecule has 2 aromatic rings. The summed E-state index contributed by atoms with van der Waals surface area (Å²) in [7, 11) is 0. The van der Waals surface area contributed by atoms with E-state index in [2.05, 4.69) is 33.8 Å². The van der Waals surface area contributed by atoms with Gasteiger partial charge in [-0.25, -0.2) is 0 Å². The number of hydrogen-bond acceptors (Lipinski definition) is 2. The van der Waals surface area contributed by atoms with Crippen molar-refractivity contribution in [3.8, 4) is 0 Å². The van der Waals surface area contributed by atoms with Gasteiger partial charge in [-0.3, -0.25) is 9.78 Å². The summed E-state index contributed by atoms with van der Waals surface area (Å²) in [6, 6.07) is 2.13. The molecule has 3 heteroatoms. The Morgan fingerprint density at radius 2 is 2.15 bits per heavy atom. The Labute approximate surface area is 154 Å². The van der Waals surface area contributed by atoms with E-state index in [4.69, 9.17) is 0 Å². The highest BCUT2D eigenvalue weighted by molar-refractivity contribution is 5.97. The maximum atomic E-state index is 12.7. The third-order valence-electron chi connectivity index (χ3n) is 6.18. The number of nitrogens with zero attached hydrogens (tertiary/aromatic N) is 2. The maximum Gasteiger partial charge on any atom is 0.138 e. The summed E-state index contributed by atoms with van der Waals surface area (Å²) in [4.78, 5) is 17.1. The Morgan fingerprint density at radius 3 is 3.00 bits per heavy atom. The third-order valence-corrected chi connectivity index (χ3v) is 6.18. The van der Waals surface area contributed by atoms with Crippen LogP contribution in [0.1, 0.15) is 50.8 Å². The standard InChI is InChI=1S/C23H24N2O/c1-14(2)23(26)17-9-7-15-6-8-16-4-3-5-18-19-13-24-11-10-20(19)25(22(16)18)21(15)12-17/h4,6,8,10-11,13-14,17H,3,5,7,9,12H2,1-2H3. The summed E-state index contributed by atoms with van der Waals surface area (Å²) in [5, 5.41) is 1.27. The largest absolute Gasteiger partial charge is 0.312 e. The summed E-state index contributed by atoms with van der Waals surface area (Å²) >= 11 is 0. The van der Waals surface area contributed by atoms with Crippen LogP contribution in [0.25, 0.3) is 22.2 Å². The van der Waals surface area contributed by atoms with Crippen molar-refractivity contribution in [2.75, 3.05) is 0 Å². The number of fused-ring (bicyclic) bond motifs is 4. The molecule has 1 aliphatic heterocycles. The van der Waals surface area contributed by atoms with Crippen LogP contribution in [0.15, 0.2) is 42.3 Å². The minimum Gasteiger partial charge on any atom is -0.312 e. The fraction of sp³-hybridized carbons (Fsp3) is 0.391. The topological polar surface area (TPSA) is 34.9 Å². The lowest BCUT2D eigenvalue weighted by Gasteiger charge is -2.28. The average Bonchev–Trinajstić information content (AvgIpc) is 2.90. The highest BCUT2D eigenvalue weighted by Crippen LogP contribution is 2.44. The Balaban J connectivity index is 1.74. The molecular weight excluding hydrogens is 320 g/mol. The van der Waals surface area contributed by atoms with Crippen molar-refractivity contribution >= 4 is 28.0 Å². The quantitative estimate of drug-likeness (QED) is 0.753. The molecule has 3 aliphatic rings. The number of pyridine rings is 1. The van der Waals surface area contributed by atoms with Gasteiger partial charge in [0.05, 0.1) is 11.2 Å². The van der Waals surface area contributed by atoms with Gasteiger partial charge in [0.2, 0.25) is 0 Å². The van der Waals surface area contributed by atoms with Gasteiger partial charge in [0, 0.05) is 35.3 Å². The molecule has 0 spiro atoms. The summed E-state index contributed by atoms with van der Waals surface area (Å²) in [5.74, 6) is 0.664. The molecule has 2 aromatic heterocycles. The van der Waals surface area contributed by atoms with Gasteiger partial charge < -0.3 is 4.57 Å². The Morgan fingerprint density at radius 1 is 1.27 bits per heavy atom. The molecule has 26 heavy (non-hydrogen) atoms. The lowest BCUT2D eigenvalue weighted by atomic mass is 9.81. The van der Waals surface area contributed by atoms with Gasteiger partial charge in [-0.1, -0.05) is 32.1 Å². The molecular formula is C23H24N2O. The molecule has 2 aliphatic carbocycles. The Bertz CT molecular complexity index is 1020. The van der Waals surface area contributed by atoms with Gasteiger partial charge in [0.15, 0.2) is 0 Å². The summed E-state index contributed by atoms with van der Waals surface area (Å²) in [6.45, 7) is 4.05. The number of ketones is 1. The zero-order chi connectivity index (χ0) is 17.8. The second kappa shape index (κ2) is 5.80. The van der Waals surface area contributed by atoms with Crippen LogP contribution >= 0.6 is 0 Å². The van der Waals surface area contributed by atoms with Gasteiger partial charge in [-0.15, -0.1) is 0 Å². The number of carbonyl (C=O) groups is 1. The molecule has 0 radical (unpaired) electrons. The van der Waals surface area contributed by atoms with Gasteiger partial charge in [-0.2, -0.15) is 0 Å².